The van der Waals surface area contributed by atoms with Gasteiger partial charge in [-0.15, -0.1) is 0 Å². The molecule has 5 nitrogen and oxygen atoms in total. The molecule has 1 unspecified atom stereocenters. The quantitative estimate of drug-likeness (QED) is 0.776. The number of nitrogens with one attached hydrogen (secondary N) is 1. The number of halogens is 2. The molecule has 0 aliphatic rings. The second-order valence-corrected chi connectivity index (χ2v) is 4.87. The molecular formula is C12H16BrFN2O3. The molecule has 1 atom stereocenters. The minimum Gasteiger partial charge on any atom is -0.480 e. The summed E-state index contributed by atoms with van der Waals surface area (Å²) in [6, 6.07) is 2.23. The Morgan fingerprint density at radius 2 is 2.26 bits per heavy atom. The van der Waals surface area contributed by atoms with Gasteiger partial charge in [-0.3, -0.25) is 4.79 Å². The first-order valence-electron chi connectivity index (χ1n) is 5.59. The van der Waals surface area contributed by atoms with E-state index in [1.54, 1.807) is 7.11 Å². The van der Waals surface area contributed by atoms with E-state index in [-0.39, 0.29) is 30.0 Å². The van der Waals surface area contributed by atoms with Gasteiger partial charge < -0.3 is 20.5 Å². The largest absolute Gasteiger partial charge is 0.480 e. The van der Waals surface area contributed by atoms with Crippen molar-refractivity contribution >= 4 is 27.5 Å². The van der Waals surface area contributed by atoms with E-state index in [1.165, 1.54) is 6.07 Å². The molecule has 0 saturated carbocycles. The van der Waals surface area contributed by atoms with Crippen LogP contribution in [0.1, 0.15) is 6.92 Å². The van der Waals surface area contributed by atoms with Crippen LogP contribution in [0.5, 0.6) is 5.75 Å². The highest BCUT2D eigenvalue weighted by atomic mass is 79.9. The van der Waals surface area contributed by atoms with Crippen LogP contribution in [0.4, 0.5) is 10.1 Å². The second kappa shape index (κ2) is 7.30. The van der Waals surface area contributed by atoms with Crippen LogP contribution in [0.25, 0.3) is 0 Å². The molecule has 1 aromatic carbocycles. The number of rotatable bonds is 6. The molecule has 1 aromatic rings. The lowest BCUT2D eigenvalue weighted by Gasteiger charge is -2.14. The molecule has 0 radical (unpaired) electrons. The van der Waals surface area contributed by atoms with Crippen molar-refractivity contribution in [3.63, 3.8) is 0 Å². The van der Waals surface area contributed by atoms with Crippen molar-refractivity contribution in [3.8, 4) is 5.75 Å². The molecule has 0 bridgehead atoms. The zero-order chi connectivity index (χ0) is 14.4. The molecular weight excluding hydrogens is 319 g/mol. The number of carbonyl (C=O) groups is 1. The Hall–Kier alpha value is -1.34. The number of hydrogen-bond acceptors (Lipinski definition) is 4. The number of carbonyl (C=O) groups excluding carboxylic acids is 1. The zero-order valence-electron chi connectivity index (χ0n) is 10.7. The van der Waals surface area contributed by atoms with E-state index in [1.807, 2.05) is 6.92 Å². The Kier molecular flexibility index (Phi) is 6.04. The number of hydrogen-bond donors (Lipinski definition) is 2. The maximum Gasteiger partial charge on any atom is 0.258 e. The number of nitrogens with two attached hydrogens (primary N) is 1. The van der Waals surface area contributed by atoms with Crippen molar-refractivity contribution < 1.29 is 18.7 Å². The van der Waals surface area contributed by atoms with Crippen LogP contribution in [0.15, 0.2) is 16.6 Å². The van der Waals surface area contributed by atoms with E-state index in [4.69, 9.17) is 15.2 Å². The summed E-state index contributed by atoms with van der Waals surface area (Å²) in [5, 5.41) is 2.68. The minimum atomic E-state index is -0.477. The zero-order valence-corrected chi connectivity index (χ0v) is 12.3. The van der Waals surface area contributed by atoms with Gasteiger partial charge >= 0.3 is 0 Å². The molecule has 0 saturated heterocycles. The van der Waals surface area contributed by atoms with Gasteiger partial charge in [-0.1, -0.05) is 0 Å². The molecule has 1 rings (SSSR count). The first-order valence-corrected chi connectivity index (χ1v) is 6.39. The summed E-state index contributed by atoms with van der Waals surface area (Å²) in [6.45, 7) is 2.01. The average Bonchev–Trinajstić information content (AvgIpc) is 2.27. The van der Waals surface area contributed by atoms with Crippen molar-refractivity contribution in [1.82, 2.24) is 5.32 Å². The number of ether oxygens (including phenoxy) is 2. The highest BCUT2D eigenvalue weighted by Gasteiger charge is 2.12. The third-order valence-corrected chi connectivity index (χ3v) is 2.80. The van der Waals surface area contributed by atoms with Crippen molar-refractivity contribution in [2.45, 2.75) is 13.0 Å². The van der Waals surface area contributed by atoms with E-state index >= 15 is 0 Å². The molecule has 0 aliphatic carbocycles. The maximum absolute atomic E-state index is 13.0. The number of nitrogen functional groups attached to an aromatic ring is 1. The molecule has 0 aromatic heterocycles. The first kappa shape index (κ1) is 15.7. The van der Waals surface area contributed by atoms with E-state index in [9.17, 15) is 9.18 Å². The van der Waals surface area contributed by atoms with Gasteiger partial charge in [-0.2, -0.15) is 0 Å². The predicted octanol–water partition coefficient (Wildman–Crippen LogP) is 1.70. The Bertz CT molecular complexity index is 434. The predicted molar refractivity (Wildman–Crippen MR) is 73.5 cm³/mol. The summed E-state index contributed by atoms with van der Waals surface area (Å²) < 4.78 is 23.5. The lowest BCUT2D eigenvalue weighted by atomic mass is 10.3. The Labute approximate surface area is 119 Å². The fourth-order valence-electron chi connectivity index (χ4n) is 1.48. The highest BCUT2D eigenvalue weighted by molar-refractivity contribution is 9.10. The SMILES string of the molecule is COCC(C)NC(=O)COc1c(N)cc(F)cc1Br. The summed E-state index contributed by atoms with van der Waals surface area (Å²) in [4.78, 5) is 11.6. The summed E-state index contributed by atoms with van der Waals surface area (Å²) in [5.74, 6) is -0.536. The van der Waals surface area contributed by atoms with Crippen LogP contribution in [0.2, 0.25) is 0 Å². The van der Waals surface area contributed by atoms with Crippen molar-refractivity contribution in [2.24, 2.45) is 0 Å². The third kappa shape index (κ3) is 5.04. The second-order valence-electron chi connectivity index (χ2n) is 4.02. The highest BCUT2D eigenvalue weighted by Crippen LogP contribution is 2.32. The van der Waals surface area contributed by atoms with Crippen LogP contribution in [-0.4, -0.2) is 32.3 Å². The van der Waals surface area contributed by atoms with Crippen LogP contribution >= 0.6 is 15.9 Å². The van der Waals surface area contributed by atoms with Crippen LogP contribution in [-0.2, 0) is 9.53 Å². The summed E-state index contributed by atoms with van der Waals surface area (Å²) in [5.41, 5.74) is 5.74. The van der Waals surface area contributed by atoms with Gasteiger partial charge in [0, 0.05) is 19.2 Å². The number of benzene rings is 1. The Morgan fingerprint density at radius 1 is 1.58 bits per heavy atom. The Balaban J connectivity index is 2.55. The van der Waals surface area contributed by atoms with Gasteiger partial charge in [0.2, 0.25) is 0 Å². The van der Waals surface area contributed by atoms with Crippen molar-refractivity contribution in [2.75, 3.05) is 26.1 Å². The molecule has 19 heavy (non-hydrogen) atoms. The molecule has 1 amide bonds. The average molecular weight is 335 g/mol. The van der Waals surface area contributed by atoms with E-state index in [0.29, 0.717) is 11.1 Å². The van der Waals surface area contributed by atoms with Gasteiger partial charge in [-0.25, -0.2) is 4.39 Å². The maximum atomic E-state index is 13.0. The molecule has 3 N–H and O–H groups in total. The van der Waals surface area contributed by atoms with Crippen LogP contribution < -0.4 is 15.8 Å². The summed E-state index contributed by atoms with van der Waals surface area (Å²) >= 11 is 3.13. The fraction of sp³-hybridized carbons (Fsp3) is 0.417. The van der Waals surface area contributed by atoms with Gasteiger partial charge in [0.05, 0.1) is 16.8 Å². The first-order chi connectivity index (χ1) is 8.93. The molecule has 106 valence electrons. The van der Waals surface area contributed by atoms with Gasteiger partial charge in [0.15, 0.2) is 12.4 Å². The normalized spacial score (nSPS) is 12.0. The third-order valence-electron chi connectivity index (χ3n) is 2.21. The smallest absolute Gasteiger partial charge is 0.258 e. The Morgan fingerprint density at radius 3 is 2.84 bits per heavy atom. The lowest BCUT2D eigenvalue weighted by Crippen LogP contribution is -2.38. The van der Waals surface area contributed by atoms with E-state index < -0.39 is 5.82 Å². The number of amides is 1. The van der Waals surface area contributed by atoms with Gasteiger partial charge in [0.25, 0.3) is 5.91 Å². The number of anilines is 1. The van der Waals surface area contributed by atoms with Crippen molar-refractivity contribution in [3.05, 3.63) is 22.4 Å². The molecule has 0 spiro atoms. The van der Waals surface area contributed by atoms with E-state index in [2.05, 4.69) is 21.2 Å². The van der Waals surface area contributed by atoms with E-state index in [0.717, 1.165) is 6.07 Å². The minimum absolute atomic E-state index is 0.116. The number of methoxy groups -OCH3 is 1. The monoisotopic (exact) mass is 334 g/mol. The lowest BCUT2D eigenvalue weighted by molar-refractivity contribution is -0.124. The summed E-state index contributed by atoms with van der Waals surface area (Å²) in [6.07, 6.45) is 0. The van der Waals surface area contributed by atoms with Gasteiger partial charge in [-0.05, 0) is 28.9 Å². The van der Waals surface area contributed by atoms with Crippen LogP contribution in [0.3, 0.4) is 0 Å². The molecule has 7 heteroatoms. The molecule has 0 fully saturated rings. The van der Waals surface area contributed by atoms with Gasteiger partial charge in [0.1, 0.15) is 5.82 Å². The van der Waals surface area contributed by atoms with Crippen LogP contribution in [0, 0.1) is 5.82 Å². The molecule has 0 heterocycles. The van der Waals surface area contributed by atoms with Crippen molar-refractivity contribution in [1.29, 1.82) is 0 Å². The molecule has 0 aliphatic heterocycles. The summed E-state index contributed by atoms with van der Waals surface area (Å²) in [7, 11) is 1.55. The standard InChI is InChI=1S/C12H16BrFN2O3/c1-7(5-18-2)16-11(17)6-19-12-9(13)3-8(14)4-10(12)15/h3-4,7H,5-6,15H2,1-2H3,(H,16,17). The fourth-order valence-corrected chi connectivity index (χ4v) is 2.04. The topological polar surface area (TPSA) is 73.6 Å².